The summed E-state index contributed by atoms with van der Waals surface area (Å²) in [6, 6.07) is 4.36. The van der Waals surface area contributed by atoms with Gasteiger partial charge in [0.2, 0.25) is 11.7 Å². The summed E-state index contributed by atoms with van der Waals surface area (Å²) in [6.45, 7) is 1.68. The van der Waals surface area contributed by atoms with Crippen LogP contribution in [-0.2, 0) is 20.7 Å². The second-order valence-corrected chi connectivity index (χ2v) is 7.07. The number of amides is 2. The van der Waals surface area contributed by atoms with Gasteiger partial charge in [-0.1, -0.05) is 0 Å². The Balaban J connectivity index is 1.81. The first kappa shape index (κ1) is 20.8. The van der Waals surface area contributed by atoms with Crippen LogP contribution in [0.2, 0.25) is 0 Å². The molecular formula is C19H19F3N2O5. The number of hydrogen-bond acceptors (Lipinski definition) is 5. The Morgan fingerprint density at radius 3 is 2.66 bits per heavy atom. The number of hydrogen-bond donors (Lipinski definition) is 1. The maximum absolute atomic E-state index is 12.8. The van der Waals surface area contributed by atoms with E-state index in [1.165, 1.54) is 24.0 Å². The number of benzene rings is 1. The quantitative estimate of drug-likeness (QED) is 0.606. The van der Waals surface area contributed by atoms with Crippen molar-refractivity contribution in [1.29, 1.82) is 0 Å². The van der Waals surface area contributed by atoms with Crippen LogP contribution in [0.15, 0.2) is 18.2 Å². The van der Waals surface area contributed by atoms with Gasteiger partial charge in [0, 0.05) is 18.2 Å². The number of halogens is 3. The number of alkyl halides is 3. The Hall–Kier alpha value is -2.91. The van der Waals surface area contributed by atoms with E-state index in [1.54, 1.807) is 6.07 Å². The molecule has 0 bridgehead atoms. The predicted molar refractivity (Wildman–Crippen MR) is 94.6 cm³/mol. The van der Waals surface area contributed by atoms with Crippen molar-refractivity contribution >= 4 is 29.3 Å². The molecular weight excluding hydrogens is 393 g/mol. The molecule has 29 heavy (non-hydrogen) atoms. The summed E-state index contributed by atoms with van der Waals surface area (Å²) < 4.78 is 43.6. The summed E-state index contributed by atoms with van der Waals surface area (Å²) in [5.74, 6) is -4.87. The highest BCUT2D eigenvalue weighted by atomic mass is 19.4. The minimum Gasteiger partial charge on any atom is -0.442 e. The molecule has 1 aromatic carbocycles. The summed E-state index contributed by atoms with van der Waals surface area (Å²) in [6.07, 6.45) is -5.84. The highest BCUT2D eigenvalue weighted by Gasteiger charge is 2.47. The number of nitrogens with zero attached hydrogens (tertiary/aromatic N) is 1. The minimum absolute atomic E-state index is 0.0659. The second kappa shape index (κ2) is 7.84. The molecule has 0 radical (unpaired) electrons. The van der Waals surface area contributed by atoms with Gasteiger partial charge in [-0.3, -0.25) is 19.3 Å². The molecule has 0 spiro atoms. The number of ether oxygens (including phenoxy) is 1. The first-order valence-electron chi connectivity index (χ1n) is 9.08. The van der Waals surface area contributed by atoms with Crippen LogP contribution in [0, 0.1) is 5.92 Å². The van der Waals surface area contributed by atoms with Gasteiger partial charge >= 0.3 is 12.3 Å². The topological polar surface area (TPSA) is 92.8 Å². The fraction of sp³-hybridized carbons (Fsp3) is 0.474. The van der Waals surface area contributed by atoms with E-state index < -0.39 is 35.9 Å². The Morgan fingerprint density at radius 1 is 1.28 bits per heavy atom. The molecule has 2 atom stereocenters. The molecule has 1 aliphatic heterocycles. The Kier molecular flexibility index (Phi) is 5.63. The van der Waals surface area contributed by atoms with Gasteiger partial charge in [0.05, 0.1) is 19.0 Å². The number of carbonyl (C=O) groups is 4. The summed E-state index contributed by atoms with van der Waals surface area (Å²) in [5, 5.41) is 2.56. The highest BCUT2D eigenvalue weighted by molar-refractivity contribution is 6.13. The summed E-state index contributed by atoms with van der Waals surface area (Å²) >= 11 is 0. The van der Waals surface area contributed by atoms with E-state index in [0.29, 0.717) is 17.7 Å². The summed E-state index contributed by atoms with van der Waals surface area (Å²) in [5.41, 5.74) is 0.992. The van der Waals surface area contributed by atoms with Crippen molar-refractivity contribution in [2.24, 2.45) is 5.92 Å². The smallest absolute Gasteiger partial charge is 0.442 e. The van der Waals surface area contributed by atoms with Crippen molar-refractivity contribution in [3.8, 4) is 0 Å². The van der Waals surface area contributed by atoms with Crippen LogP contribution >= 0.6 is 0 Å². The van der Waals surface area contributed by atoms with Gasteiger partial charge in [0.1, 0.15) is 6.10 Å². The lowest BCUT2D eigenvalue weighted by molar-refractivity contribution is -0.174. The normalized spacial score (nSPS) is 22.0. The second-order valence-electron chi connectivity index (χ2n) is 7.07. The fourth-order valence-corrected chi connectivity index (χ4v) is 3.55. The molecule has 1 aliphatic carbocycles. The molecule has 1 N–H and O–H groups in total. The van der Waals surface area contributed by atoms with E-state index >= 15 is 0 Å². The van der Waals surface area contributed by atoms with Crippen LogP contribution < -0.4 is 10.2 Å². The van der Waals surface area contributed by atoms with E-state index in [9.17, 15) is 32.3 Å². The number of ketones is 2. The van der Waals surface area contributed by atoms with Crippen molar-refractivity contribution in [2.45, 2.75) is 38.5 Å². The van der Waals surface area contributed by atoms with Gasteiger partial charge in [-0.25, -0.2) is 4.79 Å². The third kappa shape index (κ3) is 4.41. The van der Waals surface area contributed by atoms with Crippen LogP contribution in [0.3, 0.4) is 0 Å². The number of anilines is 1. The zero-order valence-electron chi connectivity index (χ0n) is 15.5. The van der Waals surface area contributed by atoms with Crippen LogP contribution in [-0.4, -0.2) is 48.9 Å². The maximum atomic E-state index is 12.8. The Labute approximate surface area is 164 Å². The zero-order valence-corrected chi connectivity index (χ0v) is 15.5. The van der Waals surface area contributed by atoms with Gasteiger partial charge < -0.3 is 10.1 Å². The SMILES string of the molecule is CC(=O)NC[C@H]1CN(c2ccc3c(c2)CCC[C@@H](C(=O)C(F)(F)F)C3=O)C(=O)O1. The Bertz CT molecular complexity index is 868. The zero-order chi connectivity index (χ0) is 21.3. The van der Waals surface area contributed by atoms with Gasteiger partial charge in [-0.2, -0.15) is 13.2 Å². The van der Waals surface area contributed by atoms with E-state index in [0.717, 1.165) is 0 Å². The molecule has 0 unspecified atom stereocenters. The number of Topliss-reactive ketones (excluding diaryl/α,β-unsaturated/α-hetero) is 2. The molecule has 1 saturated heterocycles. The Morgan fingerprint density at radius 2 is 2.00 bits per heavy atom. The average molecular weight is 412 g/mol. The molecule has 1 heterocycles. The molecule has 0 saturated carbocycles. The molecule has 0 aromatic heterocycles. The number of nitrogens with one attached hydrogen (secondary N) is 1. The van der Waals surface area contributed by atoms with Gasteiger partial charge in [-0.05, 0) is 43.0 Å². The fourth-order valence-electron chi connectivity index (χ4n) is 3.55. The molecule has 1 aromatic rings. The molecule has 1 fully saturated rings. The number of cyclic esters (lactones) is 1. The van der Waals surface area contributed by atoms with Crippen molar-refractivity contribution in [1.82, 2.24) is 5.32 Å². The largest absolute Gasteiger partial charge is 0.450 e. The van der Waals surface area contributed by atoms with E-state index in [-0.39, 0.29) is 37.4 Å². The maximum Gasteiger partial charge on any atom is 0.450 e. The summed E-state index contributed by atoms with van der Waals surface area (Å²) in [7, 11) is 0. The molecule has 156 valence electrons. The minimum atomic E-state index is -5.06. The van der Waals surface area contributed by atoms with Crippen molar-refractivity contribution in [3.05, 3.63) is 29.3 Å². The van der Waals surface area contributed by atoms with Crippen LogP contribution in [0.1, 0.15) is 35.7 Å². The van der Waals surface area contributed by atoms with Crippen molar-refractivity contribution in [3.63, 3.8) is 0 Å². The van der Waals surface area contributed by atoms with E-state index in [4.69, 9.17) is 4.74 Å². The van der Waals surface area contributed by atoms with Crippen LogP contribution in [0.4, 0.5) is 23.7 Å². The number of rotatable bonds is 4. The molecule has 3 rings (SSSR count). The number of carbonyl (C=O) groups excluding carboxylic acids is 4. The van der Waals surface area contributed by atoms with E-state index in [1.807, 2.05) is 0 Å². The lowest BCUT2D eigenvalue weighted by atomic mass is 9.91. The molecule has 7 nitrogen and oxygen atoms in total. The van der Waals surface area contributed by atoms with Gasteiger partial charge in [0.15, 0.2) is 5.78 Å². The summed E-state index contributed by atoms with van der Waals surface area (Å²) in [4.78, 5) is 48.6. The third-order valence-corrected chi connectivity index (χ3v) is 4.97. The average Bonchev–Trinajstić information content (AvgIpc) is 2.94. The standard InChI is InChI=1S/C19H19F3N2O5/c1-10(25)23-8-13-9-24(18(28)29-13)12-5-6-14-11(7-12)3-2-4-15(16(14)26)17(27)19(20,21)22/h5-7,13,15H,2-4,8-9H2,1H3,(H,23,25)/t13-,15+/m0/s1. The number of fused-ring (bicyclic) bond motifs is 1. The molecule has 2 amide bonds. The predicted octanol–water partition coefficient (Wildman–Crippen LogP) is 2.41. The first-order valence-corrected chi connectivity index (χ1v) is 9.08. The molecule has 2 aliphatic rings. The van der Waals surface area contributed by atoms with Crippen LogP contribution in [0.5, 0.6) is 0 Å². The van der Waals surface area contributed by atoms with E-state index in [2.05, 4.69) is 5.32 Å². The lowest BCUT2D eigenvalue weighted by Crippen LogP contribution is -2.35. The first-order chi connectivity index (χ1) is 13.6. The van der Waals surface area contributed by atoms with Gasteiger partial charge in [0.25, 0.3) is 0 Å². The highest BCUT2D eigenvalue weighted by Crippen LogP contribution is 2.33. The lowest BCUT2D eigenvalue weighted by Gasteiger charge is -2.17. The molecule has 10 heteroatoms. The van der Waals surface area contributed by atoms with Crippen molar-refractivity contribution < 1.29 is 37.1 Å². The van der Waals surface area contributed by atoms with Crippen molar-refractivity contribution in [2.75, 3.05) is 18.0 Å². The number of aryl methyl sites for hydroxylation is 1. The van der Waals surface area contributed by atoms with Gasteiger partial charge in [-0.15, -0.1) is 0 Å². The third-order valence-electron chi connectivity index (χ3n) is 4.97. The monoisotopic (exact) mass is 412 g/mol. The van der Waals surface area contributed by atoms with Crippen LogP contribution in [0.25, 0.3) is 0 Å².